The van der Waals surface area contributed by atoms with Crippen LogP contribution in [0.15, 0.2) is 24.3 Å². The molecule has 1 aromatic rings. The molecule has 1 aromatic carbocycles. The van der Waals surface area contributed by atoms with Crippen LogP contribution in [0.1, 0.15) is 26.3 Å². The summed E-state index contributed by atoms with van der Waals surface area (Å²) < 4.78 is 12.1. The van der Waals surface area contributed by atoms with Gasteiger partial charge >= 0.3 is 0 Å². The Morgan fingerprint density at radius 1 is 1.15 bits per heavy atom. The van der Waals surface area contributed by atoms with Gasteiger partial charge in [-0.1, -0.05) is 45.0 Å². The fourth-order valence-corrected chi connectivity index (χ4v) is 2.73. The van der Waals surface area contributed by atoms with Crippen LogP contribution in [0.3, 0.4) is 0 Å². The molecule has 0 saturated carbocycles. The molecule has 0 saturated heterocycles. The van der Waals surface area contributed by atoms with Crippen molar-refractivity contribution in [1.29, 1.82) is 0 Å². The van der Waals surface area contributed by atoms with E-state index < -0.39 is 7.80 Å². The number of rotatable bonds is 1. The van der Waals surface area contributed by atoms with Crippen molar-refractivity contribution in [2.75, 3.05) is 0 Å². The molecule has 0 aliphatic carbocycles. The first-order valence-corrected chi connectivity index (χ1v) is 5.94. The monoisotopic (exact) mass is 196 g/mol. The molecule has 13 heavy (non-hydrogen) atoms. The van der Waals surface area contributed by atoms with Crippen LogP contribution < -0.4 is 5.30 Å². The number of benzene rings is 1. The lowest BCUT2D eigenvalue weighted by Crippen LogP contribution is -2.16. The quantitative estimate of drug-likeness (QED) is 0.631. The van der Waals surface area contributed by atoms with E-state index in [1.807, 2.05) is 52.0 Å². The maximum absolute atomic E-state index is 12.1. The van der Waals surface area contributed by atoms with E-state index in [0.29, 0.717) is 0 Å². The summed E-state index contributed by atoms with van der Waals surface area (Å²) in [7, 11) is -1.66. The predicted molar refractivity (Wildman–Crippen MR) is 59.6 cm³/mol. The van der Waals surface area contributed by atoms with Crippen LogP contribution in [-0.4, -0.2) is 5.16 Å². The van der Waals surface area contributed by atoms with E-state index in [9.17, 15) is 4.57 Å². The fraction of sp³-hybridized carbons (Fsp3) is 0.455. The highest BCUT2D eigenvalue weighted by atomic mass is 31.1. The van der Waals surface area contributed by atoms with Crippen LogP contribution >= 0.6 is 7.80 Å². The van der Waals surface area contributed by atoms with E-state index in [1.165, 1.54) is 0 Å². The van der Waals surface area contributed by atoms with Crippen LogP contribution in [0.4, 0.5) is 0 Å². The standard InChI is InChI=1S/C11H17OP/c1-9-7-5-6-8-10(9)13(12)11(2,3)4/h5-8,13H,1-4H3. The molecule has 0 aliphatic heterocycles. The molecule has 0 radical (unpaired) electrons. The molecule has 72 valence electrons. The zero-order valence-electron chi connectivity index (χ0n) is 8.72. The minimum Gasteiger partial charge on any atom is -0.321 e. The van der Waals surface area contributed by atoms with Crippen molar-refractivity contribution >= 4 is 13.1 Å². The van der Waals surface area contributed by atoms with Crippen molar-refractivity contribution in [2.45, 2.75) is 32.9 Å². The van der Waals surface area contributed by atoms with Gasteiger partial charge in [-0.05, 0) is 12.5 Å². The first-order valence-electron chi connectivity index (χ1n) is 4.53. The highest BCUT2D eigenvalue weighted by molar-refractivity contribution is 7.55. The topological polar surface area (TPSA) is 17.1 Å². The first kappa shape index (κ1) is 10.5. The van der Waals surface area contributed by atoms with Gasteiger partial charge in [-0.2, -0.15) is 0 Å². The van der Waals surface area contributed by atoms with Crippen molar-refractivity contribution in [3.8, 4) is 0 Å². The smallest absolute Gasteiger partial charge is 0.109 e. The van der Waals surface area contributed by atoms with E-state index in [4.69, 9.17) is 0 Å². The van der Waals surface area contributed by atoms with Gasteiger partial charge in [0, 0.05) is 10.5 Å². The molecule has 0 fully saturated rings. The lowest BCUT2D eigenvalue weighted by molar-refractivity contribution is 0.572. The molecule has 0 bridgehead atoms. The van der Waals surface area contributed by atoms with Gasteiger partial charge in [-0.25, -0.2) is 0 Å². The van der Waals surface area contributed by atoms with E-state index in [-0.39, 0.29) is 5.16 Å². The van der Waals surface area contributed by atoms with Crippen LogP contribution in [0.5, 0.6) is 0 Å². The fourth-order valence-electron chi connectivity index (χ4n) is 1.23. The minimum atomic E-state index is -1.66. The molecule has 0 heterocycles. The summed E-state index contributed by atoms with van der Waals surface area (Å²) in [4.78, 5) is 0. The molecule has 1 atom stereocenters. The molecule has 0 unspecified atom stereocenters. The third-order valence-corrected chi connectivity index (χ3v) is 4.48. The summed E-state index contributed by atoms with van der Waals surface area (Å²) in [5, 5.41) is 0.927. The molecule has 2 heteroatoms. The van der Waals surface area contributed by atoms with Crippen LogP contribution in [-0.2, 0) is 4.57 Å². The van der Waals surface area contributed by atoms with E-state index >= 15 is 0 Å². The second kappa shape index (κ2) is 3.67. The van der Waals surface area contributed by atoms with Crippen molar-refractivity contribution < 1.29 is 4.57 Å². The second-order valence-electron chi connectivity index (χ2n) is 4.39. The number of hydrogen-bond acceptors (Lipinski definition) is 1. The average Bonchev–Trinajstić information content (AvgIpc) is 2.02. The average molecular weight is 196 g/mol. The maximum atomic E-state index is 12.1. The van der Waals surface area contributed by atoms with Gasteiger partial charge in [0.05, 0.1) is 0 Å². The van der Waals surface area contributed by atoms with Gasteiger partial charge < -0.3 is 4.57 Å². The summed E-state index contributed by atoms with van der Waals surface area (Å²) in [6.45, 7) is 8.10. The van der Waals surface area contributed by atoms with Gasteiger partial charge in [0.25, 0.3) is 0 Å². The Balaban J connectivity index is 3.10. The Kier molecular flexibility index (Phi) is 2.98. The molecule has 0 aliphatic rings. The molecular formula is C11H17OP. The van der Waals surface area contributed by atoms with Crippen LogP contribution in [0.2, 0.25) is 0 Å². The normalized spacial score (nSPS) is 14.2. The third kappa shape index (κ3) is 2.45. The highest BCUT2D eigenvalue weighted by Crippen LogP contribution is 2.37. The van der Waals surface area contributed by atoms with Crippen molar-refractivity contribution in [1.82, 2.24) is 0 Å². The molecule has 0 N–H and O–H groups in total. The van der Waals surface area contributed by atoms with Gasteiger partial charge in [-0.15, -0.1) is 0 Å². The second-order valence-corrected chi connectivity index (χ2v) is 7.09. The number of aryl methyl sites for hydroxylation is 1. The summed E-state index contributed by atoms with van der Waals surface area (Å²) in [5.41, 5.74) is 1.14. The Morgan fingerprint density at radius 3 is 2.15 bits per heavy atom. The molecule has 0 amide bonds. The molecular weight excluding hydrogens is 179 g/mol. The van der Waals surface area contributed by atoms with Gasteiger partial charge in [-0.3, -0.25) is 0 Å². The molecule has 0 aromatic heterocycles. The minimum absolute atomic E-state index is 0.100. The molecule has 1 nitrogen and oxygen atoms in total. The maximum Gasteiger partial charge on any atom is 0.109 e. The Morgan fingerprint density at radius 2 is 1.69 bits per heavy atom. The summed E-state index contributed by atoms with van der Waals surface area (Å²) in [6.07, 6.45) is 0. The van der Waals surface area contributed by atoms with E-state index in [2.05, 4.69) is 0 Å². The predicted octanol–water partition coefficient (Wildman–Crippen LogP) is 2.98. The molecule has 0 spiro atoms. The lowest BCUT2D eigenvalue weighted by atomic mass is 10.2. The number of hydrogen-bond donors (Lipinski definition) is 0. The zero-order valence-corrected chi connectivity index (χ0v) is 9.72. The van der Waals surface area contributed by atoms with Crippen molar-refractivity contribution in [2.24, 2.45) is 0 Å². The molecule has 1 rings (SSSR count). The van der Waals surface area contributed by atoms with E-state index in [1.54, 1.807) is 0 Å². The van der Waals surface area contributed by atoms with Gasteiger partial charge in [0.2, 0.25) is 0 Å². The summed E-state index contributed by atoms with van der Waals surface area (Å²) in [5.74, 6) is 0. The van der Waals surface area contributed by atoms with Gasteiger partial charge in [0.15, 0.2) is 0 Å². The lowest BCUT2D eigenvalue weighted by Gasteiger charge is -2.19. The zero-order chi connectivity index (χ0) is 10.1. The van der Waals surface area contributed by atoms with Crippen LogP contribution in [0, 0.1) is 6.92 Å². The van der Waals surface area contributed by atoms with Crippen LogP contribution in [0.25, 0.3) is 0 Å². The van der Waals surface area contributed by atoms with Crippen molar-refractivity contribution in [3.63, 3.8) is 0 Å². The van der Waals surface area contributed by atoms with Gasteiger partial charge in [0.1, 0.15) is 7.80 Å². The SMILES string of the molecule is Cc1ccccc1[P@@H](=O)C(C)(C)C. The summed E-state index contributed by atoms with van der Waals surface area (Å²) >= 11 is 0. The third-order valence-electron chi connectivity index (χ3n) is 2.07. The highest BCUT2D eigenvalue weighted by Gasteiger charge is 2.21. The Hall–Kier alpha value is -0.550. The summed E-state index contributed by atoms with van der Waals surface area (Å²) in [6, 6.07) is 7.93. The Labute approximate surface area is 81.0 Å². The largest absolute Gasteiger partial charge is 0.321 e. The Bertz CT molecular complexity index is 323. The van der Waals surface area contributed by atoms with Crippen molar-refractivity contribution in [3.05, 3.63) is 29.8 Å². The first-order chi connectivity index (χ1) is 5.93. The van der Waals surface area contributed by atoms with E-state index in [0.717, 1.165) is 10.9 Å².